The van der Waals surface area contributed by atoms with E-state index in [-0.39, 0.29) is 39.8 Å². The van der Waals surface area contributed by atoms with E-state index in [0.717, 1.165) is 6.07 Å². The molecule has 5 rings (SSSR count). The van der Waals surface area contributed by atoms with Gasteiger partial charge in [-0.1, -0.05) is 6.92 Å². The monoisotopic (exact) mass is 526 g/mol. The van der Waals surface area contributed by atoms with E-state index in [1.54, 1.807) is 6.07 Å². The van der Waals surface area contributed by atoms with Gasteiger partial charge in [0, 0.05) is 54.1 Å². The number of morpholine rings is 1. The molecule has 1 fully saturated rings. The second-order valence-electron chi connectivity index (χ2n) is 9.45. The third-order valence-electron chi connectivity index (χ3n) is 7.05. The fourth-order valence-electron chi connectivity index (χ4n) is 4.85. The molecule has 0 bridgehead atoms. The van der Waals surface area contributed by atoms with Gasteiger partial charge >= 0.3 is 0 Å². The van der Waals surface area contributed by atoms with Crippen LogP contribution in [0.15, 0.2) is 24.3 Å². The molecule has 2 aliphatic heterocycles. The zero-order chi connectivity index (χ0) is 27.0. The number of benzene rings is 2. The quantitative estimate of drug-likeness (QED) is 0.508. The molecule has 1 saturated heterocycles. The summed E-state index contributed by atoms with van der Waals surface area (Å²) in [5, 5.41) is 2.67. The Kier molecular flexibility index (Phi) is 7.22. The van der Waals surface area contributed by atoms with Gasteiger partial charge in [0.15, 0.2) is 5.82 Å². The first-order valence-corrected chi connectivity index (χ1v) is 12.6. The number of amides is 1. The molecule has 0 spiro atoms. The number of carbonyl (C=O) groups is 1. The molecule has 3 heterocycles. The first-order chi connectivity index (χ1) is 18.3. The Morgan fingerprint density at radius 2 is 1.84 bits per heavy atom. The summed E-state index contributed by atoms with van der Waals surface area (Å²) in [6.45, 7) is 5.62. The third kappa shape index (κ3) is 4.79. The van der Waals surface area contributed by atoms with Crippen molar-refractivity contribution in [3.05, 3.63) is 58.5 Å². The molecule has 8 nitrogen and oxygen atoms in total. The van der Waals surface area contributed by atoms with Crippen molar-refractivity contribution in [2.24, 2.45) is 0 Å². The van der Waals surface area contributed by atoms with Gasteiger partial charge < -0.3 is 25.6 Å². The number of rotatable bonds is 6. The Balaban J connectivity index is 1.63. The van der Waals surface area contributed by atoms with Gasteiger partial charge in [0.2, 0.25) is 5.95 Å². The Bertz CT molecular complexity index is 1390. The van der Waals surface area contributed by atoms with Crippen molar-refractivity contribution in [1.82, 2.24) is 20.2 Å². The lowest BCUT2D eigenvalue weighted by molar-refractivity contribution is 0.0945. The second-order valence-corrected chi connectivity index (χ2v) is 9.45. The van der Waals surface area contributed by atoms with E-state index in [4.69, 9.17) is 10.5 Å². The zero-order valence-electron chi connectivity index (χ0n) is 21.3. The van der Waals surface area contributed by atoms with Gasteiger partial charge in [-0.25, -0.2) is 13.8 Å². The summed E-state index contributed by atoms with van der Waals surface area (Å²) in [6, 6.07) is 5.80. The summed E-state index contributed by atoms with van der Waals surface area (Å²) >= 11 is 0. The maximum Gasteiger partial charge on any atom is 0.251 e. The highest BCUT2D eigenvalue weighted by molar-refractivity contribution is 5.97. The molecule has 0 unspecified atom stereocenters. The number of nitrogen functional groups attached to an aromatic ring is 1. The fourth-order valence-corrected chi connectivity index (χ4v) is 4.85. The van der Waals surface area contributed by atoms with Crippen LogP contribution in [-0.2, 0) is 17.7 Å². The van der Waals surface area contributed by atoms with Crippen molar-refractivity contribution >= 4 is 17.4 Å². The maximum absolute atomic E-state index is 16.2. The molecule has 200 valence electrons. The minimum atomic E-state index is -1.06. The summed E-state index contributed by atoms with van der Waals surface area (Å²) in [6.07, 6.45) is 0.488. The summed E-state index contributed by atoms with van der Waals surface area (Å²) < 4.78 is 51.9. The predicted molar refractivity (Wildman–Crippen MR) is 138 cm³/mol. The number of nitrogens with zero attached hydrogens (tertiary/aromatic N) is 4. The summed E-state index contributed by atoms with van der Waals surface area (Å²) in [5.74, 6) is -3.14. The summed E-state index contributed by atoms with van der Waals surface area (Å²) in [5.41, 5.74) is 7.31. The minimum absolute atomic E-state index is 0.0269. The van der Waals surface area contributed by atoms with Gasteiger partial charge in [-0.15, -0.1) is 0 Å². The van der Waals surface area contributed by atoms with E-state index >= 15 is 13.2 Å². The van der Waals surface area contributed by atoms with Crippen LogP contribution >= 0.6 is 0 Å². The van der Waals surface area contributed by atoms with Crippen LogP contribution in [0.1, 0.15) is 28.4 Å². The van der Waals surface area contributed by atoms with Crippen LogP contribution in [0.2, 0.25) is 0 Å². The van der Waals surface area contributed by atoms with E-state index in [1.807, 2.05) is 23.8 Å². The highest BCUT2D eigenvalue weighted by atomic mass is 19.1. The minimum Gasteiger partial charge on any atom is -0.382 e. The Morgan fingerprint density at radius 3 is 2.58 bits per heavy atom. The number of carbonyl (C=O) groups excluding carboxylic acids is 1. The smallest absolute Gasteiger partial charge is 0.251 e. The largest absolute Gasteiger partial charge is 0.382 e. The predicted octanol–water partition coefficient (Wildman–Crippen LogP) is 3.38. The Labute approximate surface area is 218 Å². The van der Waals surface area contributed by atoms with Gasteiger partial charge in [0.05, 0.1) is 13.2 Å². The van der Waals surface area contributed by atoms with Gasteiger partial charge in [0.1, 0.15) is 23.0 Å². The van der Waals surface area contributed by atoms with Crippen molar-refractivity contribution in [2.45, 2.75) is 19.9 Å². The molecule has 1 aromatic heterocycles. The van der Waals surface area contributed by atoms with E-state index in [2.05, 4.69) is 15.3 Å². The average Bonchev–Trinajstić information content (AvgIpc) is 2.91. The molecule has 2 aliphatic rings. The summed E-state index contributed by atoms with van der Waals surface area (Å²) in [4.78, 5) is 24.1. The number of hydrogen-bond donors (Lipinski definition) is 2. The van der Waals surface area contributed by atoms with Crippen molar-refractivity contribution in [3.63, 3.8) is 0 Å². The summed E-state index contributed by atoms with van der Waals surface area (Å²) in [7, 11) is 1.87. The van der Waals surface area contributed by atoms with Crippen molar-refractivity contribution in [2.75, 3.05) is 57.1 Å². The molecule has 1 amide bonds. The standard InChI is InChI=1S/C27H29F3N6O2/c1-3-35(2)14-19-21(36-8-10-38-11-9-36)5-4-16(22(19)29)23-25(30)34-26(31)24(33-23)18-12-15-6-7-32-27(37)17(15)13-20(18)28/h4-5,12-13H,3,6-11,14H2,1-2H3,(H2,31,34)(H,32,37). The molecule has 38 heavy (non-hydrogen) atoms. The van der Waals surface area contributed by atoms with Crippen molar-refractivity contribution in [1.29, 1.82) is 0 Å². The zero-order valence-corrected chi connectivity index (χ0v) is 21.3. The molecule has 0 atom stereocenters. The maximum atomic E-state index is 16.2. The lowest BCUT2D eigenvalue weighted by atomic mass is 9.96. The average molecular weight is 527 g/mol. The molecule has 0 radical (unpaired) electrons. The topological polar surface area (TPSA) is 96.6 Å². The molecule has 3 aromatic rings. The van der Waals surface area contributed by atoms with Gasteiger partial charge in [-0.3, -0.25) is 4.79 Å². The number of halogens is 3. The van der Waals surface area contributed by atoms with Crippen LogP contribution in [0.25, 0.3) is 22.5 Å². The molecule has 0 saturated carbocycles. The first kappa shape index (κ1) is 25.9. The van der Waals surface area contributed by atoms with Crippen LogP contribution in [-0.4, -0.2) is 67.2 Å². The molecular weight excluding hydrogens is 497 g/mol. The molecule has 0 aliphatic carbocycles. The fraction of sp³-hybridized carbons (Fsp3) is 0.370. The third-order valence-corrected chi connectivity index (χ3v) is 7.05. The number of ether oxygens (including phenoxy) is 1. The molecular formula is C27H29F3N6O2. The van der Waals surface area contributed by atoms with Gasteiger partial charge in [0.25, 0.3) is 5.91 Å². The first-order valence-electron chi connectivity index (χ1n) is 12.6. The van der Waals surface area contributed by atoms with E-state index < -0.39 is 17.6 Å². The second kappa shape index (κ2) is 10.6. The number of anilines is 2. The number of hydrogen-bond acceptors (Lipinski definition) is 7. The Morgan fingerprint density at radius 1 is 1.08 bits per heavy atom. The van der Waals surface area contributed by atoms with Crippen molar-refractivity contribution in [3.8, 4) is 22.5 Å². The number of nitrogens with one attached hydrogen (secondary N) is 1. The van der Waals surface area contributed by atoms with Crippen LogP contribution < -0.4 is 16.0 Å². The van der Waals surface area contributed by atoms with Gasteiger partial charge in [-0.05, 0) is 49.8 Å². The highest BCUT2D eigenvalue weighted by Gasteiger charge is 2.26. The Hall–Kier alpha value is -3.70. The highest BCUT2D eigenvalue weighted by Crippen LogP contribution is 2.36. The van der Waals surface area contributed by atoms with Crippen LogP contribution in [0.4, 0.5) is 24.7 Å². The number of aromatic nitrogens is 2. The van der Waals surface area contributed by atoms with Crippen molar-refractivity contribution < 1.29 is 22.7 Å². The number of nitrogens with two attached hydrogens (primary N) is 1. The molecule has 2 aromatic carbocycles. The van der Waals surface area contributed by atoms with Crippen LogP contribution in [0.5, 0.6) is 0 Å². The number of fused-ring (bicyclic) bond motifs is 1. The van der Waals surface area contributed by atoms with E-state index in [1.165, 1.54) is 12.1 Å². The molecule has 11 heteroatoms. The van der Waals surface area contributed by atoms with Crippen LogP contribution in [0.3, 0.4) is 0 Å². The van der Waals surface area contributed by atoms with Gasteiger partial charge in [-0.2, -0.15) is 9.37 Å². The lowest BCUT2D eigenvalue weighted by Gasteiger charge is -2.32. The van der Waals surface area contributed by atoms with E-state index in [9.17, 15) is 4.79 Å². The normalized spacial score (nSPS) is 15.5. The van der Waals surface area contributed by atoms with E-state index in [0.29, 0.717) is 69.2 Å². The van der Waals surface area contributed by atoms with Crippen LogP contribution in [0, 0.1) is 17.6 Å². The SMILES string of the molecule is CCN(C)Cc1c(N2CCOCC2)ccc(-c2nc(-c3cc4c(cc3F)C(=O)NCC4)c(N)nc2F)c1F. The molecule has 3 N–H and O–H groups in total. The lowest BCUT2D eigenvalue weighted by Crippen LogP contribution is -2.37.